The lowest BCUT2D eigenvalue weighted by Gasteiger charge is -2.22. The van der Waals surface area contributed by atoms with Crippen LogP contribution in [0, 0.1) is 0 Å². The molecule has 1 saturated carbocycles. The molecule has 112 valence electrons. The predicted octanol–water partition coefficient (Wildman–Crippen LogP) is 2.55. The summed E-state index contributed by atoms with van der Waals surface area (Å²) < 4.78 is 0. The minimum Gasteiger partial charge on any atom is -0.326 e. The van der Waals surface area contributed by atoms with Crippen molar-refractivity contribution in [2.24, 2.45) is 5.73 Å². The highest BCUT2D eigenvalue weighted by atomic mass is 14.9. The van der Waals surface area contributed by atoms with Gasteiger partial charge in [0.05, 0.1) is 0 Å². The Hall–Kier alpha value is -0.900. The van der Waals surface area contributed by atoms with Gasteiger partial charge in [-0.3, -0.25) is 0 Å². The highest BCUT2D eigenvalue weighted by Gasteiger charge is 2.11. The highest BCUT2D eigenvalue weighted by molar-refractivity contribution is 5.22. The van der Waals surface area contributed by atoms with Crippen LogP contribution in [-0.4, -0.2) is 19.1 Å². The lowest BCUT2D eigenvalue weighted by molar-refractivity contribution is 0.371. The third kappa shape index (κ3) is 5.61. The van der Waals surface area contributed by atoms with Crippen LogP contribution >= 0.6 is 0 Å². The summed E-state index contributed by atoms with van der Waals surface area (Å²) in [7, 11) is 0. The van der Waals surface area contributed by atoms with Crippen molar-refractivity contribution in [2.75, 3.05) is 13.1 Å². The van der Waals surface area contributed by atoms with E-state index in [-0.39, 0.29) is 0 Å². The average Bonchev–Trinajstić information content (AvgIpc) is 2.52. The molecule has 0 atom stereocenters. The zero-order valence-electron chi connectivity index (χ0n) is 12.5. The van der Waals surface area contributed by atoms with Gasteiger partial charge in [-0.15, -0.1) is 0 Å². The van der Waals surface area contributed by atoms with Crippen LogP contribution in [-0.2, 0) is 13.1 Å². The molecule has 4 N–H and O–H groups in total. The van der Waals surface area contributed by atoms with Gasteiger partial charge in [0, 0.05) is 19.1 Å². The Labute approximate surface area is 123 Å². The van der Waals surface area contributed by atoms with Crippen molar-refractivity contribution in [3.63, 3.8) is 0 Å². The molecule has 0 aliphatic heterocycles. The minimum atomic E-state index is 0.626. The molecule has 0 amide bonds. The smallest absolute Gasteiger partial charge is 0.0205 e. The van der Waals surface area contributed by atoms with Crippen LogP contribution in [0.25, 0.3) is 0 Å². The molecular weight excluding hydrogens is 246 g/mol. The van der Waals surface area contributed by atoms with Crippen molar-refractivity contribution in [1.29, 1.82) is 0 Å². The summed E-state index contributed by atoms with van der Waals surface area (Å²) in [4.78, 5) is 0. The minimum absolute atomic E-state index is 0.626. The highest BCUT2D eigenvalue weighted by Crippen LogP contribution is 2.17. The quantitative estimate of drug-likeness (QED) is 0.639. The van der Waals surface area contributed by atoms with Crippen LogP contribution in [0.1, 0.15) is 49.7 Å². The molecule has 1 aliphatic carbocycles. The molecule has 1 aromatic rings. The Bertz CT molecular complexity index is 355. The van der Waals surface area contributed by atoms with E-state index in [0.717, 1.165) is 25.7 Å². The summed E-state index contributed by atoms with van der Waals surface area (Å²) in [6, 6.07) is 9.33. The molecule has 1 fully saturated rings. The number of nitrogens with one attached hydrogen (secondary N) is 2. The van der Waals surface area contributed by atoms with Crippen LogP contribution in [0.15, 0.2) is 24.3 Å². The van der Waals surface area contributed by atoms with E-state index in [1.807, 2.05) is 0 Å². The second-order valence-electron chi connectivity index (χ2n) is 5.84. The number of hydrogen-bond donors (Lipinski definition) is 3. The summed E-state index contributed by atoms with van der Waals surface area (Å²) in [5.41, 5.74) is 8.13. The molecule has 3 nitrogen and oxygen atoms in total. The second-order valence-corrected chi connectivity index (χ2v) is 5.84. The first-order valence-corrected chi connectivity index (χ1v) is 8.10. The predicted molar refractivity (Wildman–Crippen MR) is 85.5 cm³/mol. The fourth-order valence-corrected chi connectivity index (χ4v) is 2.85. The van der Waals surface area contributed by atoms with Crippen molar-refractivity contribution in [2.45, 2.75) is 57.7 Å². The second kappa shape index (κ2) is 9.11. The fourth-order valence-electron chi connectivity index (χ4n) is 2.85. The Balaban J connectivity index is 1.50. The van der Waals surface area contributed by atoms with Gasteiger partial charge in [0.1, 0.15) is 0 Å². The molecule has 1 aromatic carbocycles. The first kappa shape index (κ1) is 15.5. The molecule has 2 rings (SSSR count). The van der Waals surface area contributed by atoms with E-state index in [1.54, 1.807) is 0 Å². The first-order valence-electron chi connectivity index (χ1n) is 8.10. The molecule has 1 aliphatic rings. The standard InChI is InChI=1S/C17H29N3/c18-13-15-7-9-16(10-8-15)14-19-11-4-12-20-17-5-2-1-3-6-17/h7-10,17,19-20H,1-6,11-14,18H2. The average molecular weight is 275 g/mol. The fraction of sp³-hybridized carbons (Fsp3) is 0.647. The maximum atomic E-state index is 5.59. The molecule has 0 saturated heterocycles. The van der Waals surface area contributed by atoms with E-state index in [1.165, 1.54) is 49.7 Å². The van der Waals surface area contributed by atoms with Gasteiger partial charge in [-0.05, 0) is 43.5 Å². The first-order chi connectivity index (χ1) is 9.88. The zero-order chi connectivity index (χ0) is 14.0. The van der Waals surface area contributed by atoms with E-state index in [0.29, 0.717) is 6.54 Å². The normalized spacial score (nSPS) is 16.4. The summed E-state index contributed by atoms with van der Waals surface area (Å²) >= 11 is 0. The van der Waals surface area contributed by atoms with Gasteiger partial charge in [-0.2, -0.15) is 0 Å². The Morgan fingerprint density at radius 2 is 1.65 bits per heavy atom. The maximum Gasteiger partial charge on any atom is 0.0205 e. The molecule has 0 aromatic heterocycles. The summed E-state index contributed by atoms with van der Waals surface area (Å²) in [6.07, 6.45) is 8.21. The van der Waals surface area contributed by atoms with Crippen LogP contribution in [0.2, 0.25) is 0 Å². The lowest BCUT2D eigenvalue weighted by Crippen LogP contribution is -2.33. The van der Waals surface area contributed by atoms with Gasteiger partial charge in [-0.1, -0.05) is 43.5 Å². The van der Waals surface area contributed by atoms with Crippen molar-refractivity contribution in [3.05, 3.63) is 35.4 Å². The Kier molecular flexibility index (Phi) is 7.06. The van der Waals surface area contributed by atoms with E-state index in [4.69, 9.17) is 5.73 Å². The van der Waals surface area contributed by atoms with E-state index in [9.17, 15) is 0 Å². The van der Waals surface area contributed by atoms with Gasteiger partial charge in [0.2, 0.25) is 0 Å². The molecule has 3 heteroatoms. The van der Waals surface area contributed by atoms with Gasteiger partial charge in [0.15, 0.2) is 0 Å². The van der Waals surface area contributed by atoms with Crippen molar-refractivity contribution in [3.8, 4) is 0 Å². The van der Waals surface area contributed by atoms with Crippen LogP contribution in [0.5, 0.6) is 0 Å². The zero-order valence-corrected chi connectivity index (χ0v) is 12.5. The monoisotopic (exact) mass is 275 g/mol. The number of rotatable bonds is 8. The largest absolute Gasteiger partial charge is 0.326 e. The Morgan fingerprint density at radius 3 is 2.35 bits per heavy atom. The summed E-state index contributed by atoms with van der Waals surface area (Å²) in [5, 5.41) is 7.19. The molecule has 0 bridgehead atoms. The van der Waals surface area contributed by atoms with Crippen molar-refractivity contribution >= 4 is 0 Å². The van der Waals surface area contributed by atoms with Gasteiger partial charge in [-0.25, -0.2) is 0 Å². The van der Waals surface area contributed by atoms with Gasteiger partial charge in [0.25, 0.3) is 0 Å². The lowest BCUT2D eigenvalue weighted by atomic mass is 9.95. The van der Waals surface area contributed by atoms with E-state index < -0.39 is 0 Å². The third-order valence-corrected chi connectivity index (χ3v) is 4.16. The molecular formula is C17H29N3. The number of benzene rings is 1. The molecule has 0 spiro atoms. The molecule has 0 radical (unpaired) electrons. The molecule has 0 unspecified atom stereocenters. The van der Waals surface area contributed by atoms with Crippen LogP contribution in [0.4, 0.5) is 0 Å². The topological polar surface area (TPSA) is 50.1 Å². The van der Waals surface area contributed by atoms with E-state index in [2.05, 4.69) is 34.9 Å². The van der Waals surface area contributed by atoms with Crippen molar-refractivity contribution in [1.82, 2.24) is 10.6 Å². The summed E-state index contributed by atoms with van der Waals surface area (Å²) in [5.74, 6) is 0. The van der Waals surface area contributed by atoms with E-state index >= 15 is 0 Å². The van der Waals surface area contributed by atoms with Gasteiger partial charge >= 0.3 is 0 Å². The number of hydrogen-bond acceptors (Lipinski definition) is 3. The van der Waals surface area contributed by atoms with Crippen LogP contribution in [0.3, 0.4) is 0 Å². The van der Waals surface area contributed by atoms with Crippen molar-refractivity contribution < 1.29 is 0 Å². The SMILES string of the molecule is NCc1ccc(CNCCCNC2CCCCC2)cc1. The maximum absolute atomic E-state index is 5.59. The summed E-state index contributed by atoms with van der Waals surface area (Å²) in [6.45, 7) is 3.80. The number of nitrogens with two attached hydrogens (primary N) is 1. The molecule has 20 heavy (non-hydrogen) atoms. The van der Waals surface area contributed by atoms with Gasteiger partial charge < -0.3 is 16.4 Å². The molecule has 0 heterocycles. The Morgan fingerprint density at radius 1 is 0.950 bits per heavy atom. The third-order valence-electron chi connectivity index (χ3n) is 4.16. The van der Waals surface area contributed by atoms with Crippen LogP contribution < -0.4 is 16.4 Å².